The van der Waals surface area contributed by atoms with Crippen molar-refractivity contribution in [1.82, 2.24) is 9.78 Å². The van der Waals surface area contributed by atoms with Crippen LogP contribution >= 0.6 is 15.9 Å². The topological polar surface area (TPSA) is 27.1 Å². The predicted molar refractivity (Wildman–Crippen MR) is 65.8 cm³/mol. The zero-order valence-electron chi connectivity index (χ0n) is 10.1. The van der Waals surface area contributed by atoms with E-state index in [1.807, 2.05) is 14.0 Å². The maximum atomic E-state index is 5.37. The van der Waals surface area contributed by atoms with Crippen molar-refractivity contribution in [3.8, 4) is 5.88 Å². The lowest BCUT2D eigenvalue weighted by Gasteiger charge is -2.21. The van der Waals surface area contributed by atoms with Crippen molar-refractivity contribution >= 4 is 15.9 Å². The Morgan fingerprint density at radius 3 is 2.53 bits per heavy atom. The van der Waals surface area contributed by atoms with E-state index in [1.54, 1.807) is 11.8 Å². The molecular weight excluding hydrogens is 256 g/mol. The number of nitrogens with zero attached hydrogens (tertiary/aromatic N) is 2. The van der Waals surface area contributed by atoms with Gasteiger partial charge in [0.05, 0.1) is 12.8 Å². The molecule has 0 bridgehead atoms. The first-order chi connectivity index (χ1) is 6.91. The summed E-state index contributed by atoms with van der Waals surface area (Å²) in [6.07, 6.45) is 0.973. The summed E-state index contributed by atoms with van der Waals surface area (Å²) in [4.78, 5) is 0. The Balaban J connectivity index is 3.03. The second-order valence-corrected chi connectivity index (χ2v) is 5.23. The SMILES string of the molecule is COc1c(CC(C)(C)CBr)c(C)nn1C. The maximum Gasteiger partial charge on any atom is 0.214 e. The van der Waals surface area contributed by atoms with Crippen molar-refractivity contribution in [3.63, 3.8) is 0 Å². The lowest BCUT2D eigenvalue weighted by Crippen LogP contribution is -2.17. The maximum absolute atomic E-state index is 5.37. The third kappa shape index (κ3) is 2.74. The van der Waals surface area contributed by atoms with E-state index in [-0.39, 0.29) is 5.41 Å². The molecule has 0 aliphatic heterocycles. The second kappa shape index (κ2) is 4.56. The Labute approximate surface area is 99.9 Å². The summed E-state index contributed by atoms with van der Waals surface area (Å²) in [7, 11) is 3.61. The van der Waals surface area contributed by atoms with Crippen LogP contribution < -0.4 is 4.74 Å². The molecule has 0 saturated carbocycles. The number of aromatic nitrogens is 2. The number of hydrogen-bond acceptors (Lipinski definition) is 2. The Hall–Kier alpha value is -0.510. The third-order valence-corrected chi connectivity index (χ3v) is 4.02. The molecule has 0 N–H and O–H groups in total. The molecule has 0 aromatic carbocycles. The van der Waals surface area contributed by atoms with Gasteiger partial charge in [-0.3, -0.25) is 0 Å². The average molecular weight is 275 g/mol. The fourth-order valence-electron chi connectivity index (χ4n) is 1.67. The Kier molecular flexibility index (Phi) is 3.82. The van der Waals surface area contributed by atoms with Gasteiger partial charge >= 0.3 is 0 Å². The van der Waals surface area contributed by atoms with Crippen LogP contribution in [0.1, 0.15) is 25.1 Å². The smallest absolute Gasteiger partial charge is 0.214 e. The molecule has 0 fully saturated rings. The molecule has 86 valence electrons. The Morgan fingerprint density at radius 2 is 2.07 bits per heavy atom. The lowest BCUT2D eigenvalue weighted by atomic mass is 9.88. The molecule has 0 saturated heterocycles. The van der Waals surface area contributed by atoms with Gasteiger partial charge in [0.15, 0.2) is 0 Å². The number of methoxy groups -OCH3 is 1. The molecule has 15 heavy (non-hydrogen) atoms. The summed E-state index contributed by atoms with van der Waals surface area (Å²) in [5, 5.41) is 5.35. The minimum atomic E-state index is 0.223. The van der Waals surface area contributed by atoms with E-state index in [4.69, 9.17) is 4.74 Å². The average Bonchev–Trinajstić information content (AvgIpc) is 2.41. The first-order valence-electron chi connectivity index (χ1n) is 5.03. The molecule has 0 aliphatic rings. The number of ether oxygens (including phenoxy) is 1. The van der Waals surface area contributed by atoms with Crippen molar-refractivity contribution in [1.29, 1.82) is 0 Å². The predicted octanol–water partition coefficient (Wildman–Crippen LogP) is 2.70. The Bertz CT molecular complexity index is 345. The summed E-state index contributed by atoms with van der Waals surface area (Å²) >= 11 is 3.54. The molecule has 1 aromatic rings. The molecule has 0 atom stereocenters. The normalized spacial score (nSPS) is 11.9. The first kappa shape index (κ1) is 12.6. The molecule has 1 aromatic heterocycles. The van der Waals surface area contributed by atoms with Crippen molar-refractivity contribution in [2.45, 2.75) is 27.2 Å². The molecule has 0 spiro atoms. The van der Waals surface area contributed by atoms with Crippen LogP contribution in [0.5, 0.6) is 5.88 Å². The van der Waals surface area contributed by atoms with Gasteiger partial charge in [0.2, 0.25) is 5.88 Å². The monoisotopic (exact) mass is 274 g/mol. The number of rotatable bonds is 4. The van der Waals surface area contributed by atoms with Gasteiger partial charge in [0.25, 0.3) is 0 Å². The minimum Gasteiger partial charge on any atom is -0.481 e. The highest BCUT2D eigenvalue weighted by Crippen LogP contribution is 2.30. The van der Waals surface area contributed by atoms with E-state index < -0.39 is 0 Å². The number of alkyl halides is 1. The standard InChI is InChI=1S/C11H19BrN2O/c1-8-9(6-11(2,3)7-12)10(15-5)14(4)13-8/h6-7H2,1-5H3. The second-order valence-electron chi connectivity index (χ2n) is 4.67. The van der Waals surface area contributed by atoms with E-state index in [0.717, 1.165) is 23.3 Å². The summed E-state index contributed by atoms with van der Waals surface area (Å²) in [5.41, 5.74) is 2.49. The Morgan fingerprint density at radius 1 is 1.47 bits per heavy atom. The van der Waals surface area contributed by atoms with Crippen molar-refractivity contribution in [2.75, 3.05) is 12.4 Å². The molecule has 0 unspecified atom stereocenters. The number of hydrogen-bond donors (Lipinski definition) is 0. The summed E-state index contributed by atoms with van der Waals surface area (Å²) in [5.74, 6) is 0.876. The molecule has 0 amide bonds. The molecule has 0 aliphatic carbocycles. The van der Waals surface area contributed by atoms with Gasteiger partial charge < -0.3 is 4.74 Å². The highest BCUT2D eigenvalue weighted by atomic mass is 79.9. The van der Waals surface area contributed by atoms with E-state index in [0.29, 0.717) is 0 Å². The highest BCUT2D eigenvalue weighted by molar-refractivity contribution is 9.09. The van der Waals surface area contributed by atoms with Crippen molar-refractivity contribution in [2.24, 2.45) is 12.5 Å². The van der Waals surface area contributed by atoms with Crippen LogP contribution in [0.25, 0.3) is 0 Å². The summed E-state index contributed by atoms with van der Waals surface area (Å²) in [6.45, 7) is 6.49. The van der Waals surface area contributed by atoms with Crippen molar-refractivity contribution in [3.05, 3.63) is 11.3 Å². The van der Waals surface area contributed by atoms with E-state index in [9.17, 15) is 0 Å². The fourth-order valence-corrected chi connectivity index (χ4v) is 1.86. The van der Waals surface area contributed by atoms with Gasteiger partial charge in [0, 0.05) is 17.9 Å². The van der Waals surface area contributed by atoms with Gasteiger partial charge in [-0.05, 0) is 18.8 Å². The van der Waals surface area contributed by atoms with Crippen LogP contribution in [-0.2, 0) is 13.5 Å². The van der Waals surface area contributed by atoms with E-state index in [2.05, 4.69) is 34.9 Å². The first-order valence-corrected chi connectivity index (χ1v) is 6.16. The molecule has 3 nitrogen and oxygen atoms in total. The van der Waals surface area contributed by atoms with Gasteiger partial charge in [0.1, 0.15) is 0 Å². The zero-order valence-corrected chi connectivity index (χ0v) is 11.7. The number of halogens is 1. The zero-order chi connectivity index (χ0) is 11.6. The third-order valence-electron chi connectivity index (χ3n) is 2.50. The molecule has 1 heterocycles. The largest absolute Gasteiger partial charge is 0.481 e. The van der Waals surface area contributed by atoms with Gasteiger partial charge in [-0.15, -0.1) is 0 Å². The summed E-state index contributed by atoms with van der Waals surface area (Å²) in [6, 6.07) is 0. The van der Waals surface area contributed by atoms with Gasteiger partial charge in [-0.1, -0.05) is 29.8 Å². The lowest BCUT2D eigenvalue weighted by molar-refractivity contribution is 0.357. The molecule has 0 radical (unpaired) electrons. The van der Waals surface area contributed by atoms with Crippen LogP contribution in [0.15, 0.2) is 0 Å². The van der Waals surface area contributed by atoms with E-state index in [1.165, 1.54) is 5.56 Å². The number of aryl methyl sites for hydroxylation is 2. The fraction of sp³-hybridized carbons (Fsp3) is 0.727. The quantitative estimate of drug-likeness (QED) is 0.790. The molecule has 1 rings (SSSR count). The van der Waals surface area contributed by atoms with Crippen LogP contribution in [0.2, 0.25) is 0 Å². The van der Waals surface area contributed by atoms with Crippen molar-refractivity contribution < 1.29 is 4.74 Å². The van der Waals surface area contributed by atoms with Crippen LogP contribution in [-0.4, -0.2) is 22.2 Å². The van der Waals surface area contributed by atoms with Gasteiger partial charge in [-0.2, -0.15) is 5.10 Å². The minimum absolute atomic E-state index is 0.223. The van der Waals surface area contributed by atoms with E-state index >= 15 is 0 Å². The van der Waals surface area contributed by atoms with Crippen LogP contribution in [0, 0.1) is 12.3 Å². The molecule has 4 heteroatoms. The summed E-state index contributed by atoms with van der Waals surface area (Å²) < 4.78 is 7.17. The van der Waals surface area contributed by atoms with Crippen LogP contribution in [0.4, 0.5) is 0 Å². The van der Waals surface area contributed by atoms with Crippen LogP contribution in [0.3, 0.4) is 0 Å². The van der Waals surface area contributed by atoms with Gasteiger partial charge in [-0.25, -0.2) is 4.68 Å². The highest BCUT2D eigenvalue weighted by Gasteiger charge is 2.23. The molecular formula is C11H19BrN2O.